The normalized spacial score (nSPS) is 11.5. The molecule has 0 saturated heterocycles. The number of ether oxygens (including phenoxy) is 1. The van der Waals surface area contributed by atoms with Gasteiger partial charge in [-0.2, -0.15) is 10.2 Å². The summed E-state index contributed by atoms with van der Waals surface area (Å²) in [5, 5.41) is 8.34. The molecule has 0 unspecified atom stereocenters. The third-order valence-corrected chi connectivity index (χ3v) is 6.50. The minimum absolute atomic E-state index is 0.263. The Balaban J connectivity index is 1.67. The Morgan fingerprint density at radius 2 is 1.48 bits per heavy atom. The summed E-state index contributed by atoms with van der Waals surface area (Å²) in [6.45, 7) is 5.66. The van der Waals surface area contributed by atoms with Gasteiger partial charge in [0.05, 0.1) is 22.9 Å². The van der Waals surface area contributed by atoms with Crippen molar-refractivity contribution in [2.75, 3.05) is 18.6 Å². The average molecular weight is 461 g/mol. The van der Waals surface area contributed by atoms with Crippen LogP contribution in [0.4, 0.5) is 11.4 Å². The van der Waals surface area contributed by atoms with Crippen molar-refractivity contribution in [1.29, 1.82) is 0 Å². The van der Waals surface area contributed by atoms with Crippen molar-refractivity contribution in [3.05, 3.63) is 60.7 Å². The molecule has 0 radical (unpaired) electrons. The molecule has 0 bridgehead atoms. The van der Waals surface area contributed by atoms with Crippen LogP contribution in [-0.2, 0) is 19.4 Å². The second-order valence-corrected chi connectivity index (χ2v) is 10.3. The van der Waals surface area contributed by atoms with Gasteiger partial charge in [0, 0.05) is 16.7 Å². The maximum Gasteiger partial charge on any atom is 0.333 e. The van der Waals surface area contributed by atoms with Crippen LogP contribution in [0, 0.1) is 0 Å². The Morgan fingerprint density at radius 3 is 2.03 bits per heavy atom. The number of benzene rings is 2. The van der Waals surface area contributed by atoms with Gasteiger partial charge in [-0.1, -0.05) is 19.4 Å². The van der Waals surface area contributed by atoms with E-state index < -0.39 is 9.84 Å². The first-order valence-electron chi connectivity index (χ1n) is 10.0. The molecule has 2 aromatic carbocycles. The van der Waals surface area contributed by atoms with Crippen LogP contribution in [-0.4, -0.2) is 33.0 Å². The van der Waals surface area contributed by atoms with Crippen LogP contribution in [0.2, 0.25) is 0 Å². The van der Waals surface area contributed by atoms with E-state index in [4.69, 9.17) is 4.74 Å². The van der Waals surface area contributed by atoms with E-state index in [0.29, 0.717) is 17.9 Å². The number of rotatable bonds is 12. The molecule has 0 aliphatic rings. The van der Waals surface area contributed by atoms with Gasteiger partial charge in [-0.3, -0.25) is 0 Å². The SMILES string of the molecule is C=C(C)C(=O)OCCCCCCSc1ccc(/N=N/c2ccc(S(C)(=O)=O)cc2)cc1. The largest absolute Gasteiger partial charge is 0.462 e. The third-order valence-electron chi connectivity index (χ3n) is 4.27. The van der Waals surface area contributed by atoms with E-state index in [2.05, 4.69) is 16.8 Å². The molecule has 31 heavy (non-hydrogen) atoms. The highest BCUT2D eigenvalue weighted by atomic mass is 32.2. The Bertz CT molecular complexity index is 999. The lowest BCUT2D eigenvalue weighted by atomic mass is 10.2. The molecule has 8 heteroatoms. The van der Waals surface area contributed by atoms with Crippen LogP contribution in [0.1, 0.15) is 32.6 Å². The third kappa shape index (κ3) is 9.48. The van der Waals surface area contributed by atoms with Gasteiger partial charge in [0.25, 0.3) is 0 Å². The second kappa shape index (κ2) is 12.4. The van der Waals surface area contributed by atoms with Gasteiger partial charge in [0.2, 0.25) is 0 Å². The summed E-state index contributed by atoms with van der Waals surface area (Å²) in [5.74, 6) is 0.711. The van der Waals surface area contributed by atoms with Crippen molar-refractivity contribution in [1.82, 2.24) is 0 Å². The number of esters is 1. The number of hydrogen-bond donors (Lipinski definition) is 0. The fourth-order valence-electron chi connectivity index (χ4n) is 2.52. The molecule has 0 amide bonds. The Morgan fingerprint density at radius 1 is 0.935 bits per heavy atom. The highest BCUT2D eigenvalue weighted by Crippen LogP contribution is 2.25. The predicted octanol–water partition coefficient (Wildman–Crippen LogP) is 6.28. The molecule has 0 atom stereocenters. The molecule has 166 valence electrons. The number of sulfone groups is 1. The van der Waals surface area contributed by atoms with Crippen molar-refractivity contribution < 1.29 is 17.9 Å². The number of hydrogen-bond acceptors (Lipinski definition) is 7. The van der Waals surface area contributed by atoms with Gasteiger partial charge < -0.3 is 4.74 Å². The Kier molecular flexibility index (Phi) is 9.94. The number of azo groups is 1. The summed E-state index contributed by atoms with van der Waals surface area (Å²) >= 11 is 1.79. The summed E-state index contributed by atoms with van der Waals surface area (Å²) in [6, 6.07) is 14.2. The number of thioether (sulfide) groups is 1. The smallest absolute Gasteiger partial charge is 0.333 e. The molecule has 0 saturated carbocycles. The standard InChI is InChI=1S/C23H28N2O4S2/c1-18(2)23(26)29-16-6-4-5-7-17-30-21-12-8-19(9-13-21)24-25-20-10-14-22(15-11-20)31(3,27)28/h8-15H,1,4-7,16-17H2,2-3H3/b25-24+. The summed E-state index contributed by atoms with van der Waals surface area (Å²) < 4.78 is 28.0. The van der Waals surface area contributed by atoms with Gasteiger partial charge in [-0.05, 0) is 74.0 Å². The molecule has 0 aliphatic carbocycles. The average Bonchev–Trinajstić information content (AvgIpc) is 2.74. The molecule has 0 aliphatic heterocycles. The van der Waals surface area contributed by atoms with Crippen LogP contribution >= 0.6 is 11.8 Å². The number of unbranched alkanes of at least 4 members (excludes halogenated alkanes) is 3. The van der Waals surface area contributed by atoms with Crippen molar-refractivity contribution in [2.45, 2.75) is 42.4 Å². The van der Waals surface area contributed by atoms with E-state index in [9.17, 15) is 13.2 Å². The van der Waals surface area contributed by atoms with Crippen molar-refractivity contribution in [3.8, 4) is 0 Å². The number of nitrogens with zero attached hydrogens (tertiary/aromatic N) is 2. The van der Waals surface area contributed by atoms with Crippen LogP contribution in [0.5, 0.6) is 0 Å². The maximum absolute atomic E-state index is 11.5. The first-order valence-corrected chi connectivity index (χ1v) is 12.9. The first-order chi connectivity index (χ1) is 14.8. The van der Waals surface area contributed by atoms with Crippen molar-refractivity contribution in [3.63, 3.8) is 0 Å². The molecule has 0 heterocycles. The van der Waals surface area contributed by atoms with Crippen LogP contribution in [0.3, 0.4) is 0 Å². The zero-order valence-electron chi connectivity index (χ0n) is 17.9. The van der Waals surface area contributed by atoms with Crippen molar-refractivity contribution >= 4 is 38.9 Å². The van der Waals surface area contributed by atoms with Gasteiger partial charge in [-0.15, -0.1) is 11.8 Å². The number of carbonyl (C=O) groups excluding carboxylic acids is 1. The summed E-state index contributed by atoms with van der Waals surface area (Å²) in [4.78, 5) is 12.7. The van der Waals surface area contributed by atoms with E-state index in [1.165, 1.54) is 23.3 Å². The van der Waals surface area contributed by atoms with E-state index >= 15 is 0 Å². The Hall–Kier alpha value is -2.45. The fraction of sp³-hybridized carbons (Fsp3) is 0.348. The molecule has 0 spiro atoms. The van der Waals surface area contributed by atoms with Gasteiger partial charge >= 0.3 is 5.97 Å². The summed E-state index contributed by atoms with van der Waals surface area (Å²) in [5.41, 5.74) is 1.77. The lowest BCUT2D eigenvalue weighted by molar-refractivity contribution is -0.139. The van der Waals surface area contributed by atoms with Crippen LogP contribution in [0.25, 0.3) is 0 Å². The van der Waals surface area contributed by atoms with Crippen LogP contribution < -0.4 is 0 Å². The van der Waals surface area contributed by atoms with Crippen molar-refractivity contribution in [2.24, 2.45) is 10.2 Å². The summed E-state index contributed by atoms with van der Waals surface area (Å²) in [6.07, 6.45) is 5.29. The molecule has 2 rings (SSSR count). The highest BCUT2D eigenvalue weighted by Gasteiger charge is 2.05. The zero-order chi connectivity index (χ0) is 22.7. The Labute approximate surface area is 188 Å². The molecular formula is C23H28N2O4S2. The minimum Gasteiger partial charge on any atom is -0.462 e. The molecule has 0 aromatic heterocycles. The van der Waals surface area contributed by atoms with Gasteiger partial charge in [0.15, 0.2) is 9.84 Å². The maximum atomic E-state index is 11.5. The monoisotopic (exact) mass is 460 g/mol. The molecule has 0 N–H and O–H groups in total. The number of carbonyl (C=O) groups is 1. The van der Waals surface area contributed by atoms with Gasteiger partial charge in [0.1, 0.15) is 0 Å². The van der Waals surface area contributed by atoms with Crippen LogP contribution in [0.15, 0.2) is 80.7 Å². The summed E-state index contributed by atoms with van der Waals surface area (Å²) in [7, 11) is -3.21. The second-order valence-electron chi connectivity index (χ2n) is 7.14. The van der Waals surface area contributed by atoms with E-state index in [1.54, 1.807) is 30.8 Å². The minimum atomic E-state index is -3.21. The van der Waals surface area contributed by atoms with E-state index in [1.807, 2.05) is 24.3 Å². The highest BCUT2D eigenvalue weighted by molar-refractivity contribution is 7.99. The zero-order valence-corrected chi connectivity index (χ0v) is 19.5. The van der Waals surface area contributed by atoms with E-state index in [-0.39, 0.29) is 10.9 Å². The molecular weight excluding hydrogens is 432 g/mol. The van der Waals surface area contributed by atoms with Gasteiger partial charge in [-0.25, -0.2) is 13.2 Å². The van der Waals surface area contributed by atoms with E-state index in [0.717, 1.165) is 37.1 Å². The lowest BCUT2D eigenvalue weighted by Crippen LogP contribution is -2.06. The predicted molar refractivity (Wildman–Crippen MR) is 125 cm³/mol. The molecule has 0 fully saturated rings. The quantitative estimate of drug-likeness (QED) is 0.122. The topological polar surface area (TPSA) is 85.2 Å². The fourth-order valence-corrected chi connectivity index (χ4v) is 4.06. The lowest BCUT2D eigenvalue weighted by Gasteiger charge is -2.05. The molecule has 6 nitrogen and oxygen atoms in total. The molecule has 2 aromatic rings. The first kappa shape index (κ1) is 24.8.